The molecule has 0 aliphatic heterocycles. The second-order valence-corrected chi connectivity index (χ2v) is 7.05. The van der Waals surface area contributed by atoms with Crippen LogP contribution in [0.2, 0.25) is 5.28 Å². The summed E-state index contributed by atoms with van der Waals surface area (Å²) in [7, 11) is 1.51. The zero-order chi connectivity index (χ0) is 22.2. The Balaban J connectivity index is 1.65. The molecule has 31 heavy (non-hydrogen) atoms. The number of carbonyl (C=O) groups is 1. The smallest absolute Gasteiger partial charge is 0.351 e. The monoisotopic (exact) mass is 449 g/mol. The van der Waals surface area contributed by atoms with Gasteiger partial charge in [-0.2, -0.15) is 18.2 Å². The maximum Gasteiger partial charge on any atom is 0.434 e. The first-order valence-corrected chi connectivity index (χ1v) is 9.38. The third-order valence-corrected chi connectivity index (χ3v) is 4.78. The van der Waals surface area contributed by atoms with Gasteiger partial charge >= 0.3 is 6.18 Å². The second kappa shape index (κ2) is 7.99. The second-order valence-electron chi connectivity index (χ2n) is 6.72. The number of imidazole rings is 2. The summed E-state index contributed by atoms with van der Waals surface area (Å²) in [6.07, 6.45) is -1.49. The molecule has 0 aliphatic rings. The van der Waals surface area contributed by atoms with Gasteiger partial charge in [-0.15, -0.1) is 0 Å². The molecule has 0 fully saturated rings. The lowest BCUT2D eigenvalue weighted by molar-refractivity contribution is -0.140. The van der Waals surface area contributed by atoms with E-state index in [1.165, 1.54) is 17.8 Å². The first-order valence-electron chi connectivity index (χ1n) is 9.01. The van der Waals surface area contributed by atoms with Crippen LogP contribution in [0.1, 0.15) is 17.1 Å². The molecule has 8 nitrogen and oxygen atoms in total. The first kappa shape index (κ1) is 20.8. The topological polar surface area (TPSA) is 90.5 Å². The predicted octanol–water partition coefficient (Wildman–Crippen LogP) is 3.19. The molecule has 0 atom stereocenters. The minimum absolute atomic E-state index is 0.0640. The van der Waals surface area contributed by atoms with Crippen LogP contribution in [0, 0.1) is 0 Å². The summed E-state index contributed by atoms with van der Waals surface area (Å²) in [5.74, 6) is 0.768. The van der Waals surface area contributed by atoms with Crippen LogP contribution in [-0.4, -0.2) is 35.5 Å². The van der Waals surface area contributed by atoms with Crippen molar-refractivity contribution in [2.24, 2.45) is 7.05 Å². The van der Waals surface area contributed by atoms with Crippen LogP contribution in [0.3, 0.4) is 0 Å². The van der Waals surface area contributed by atoms with E-state index in [1.807, 2.05) is 0 Å². The fourth-order valence-electron chi connectivity index (χ4n) is 3.19. The average Bonchev–Trinajstić information content (AvgIpc) is 3.28. The SMILES string of the molecule is Cn1cc(C(F)(F)F)nc1-c1ccc(Cn2c(CNC=O)nc3cnc(Cl)nc32)cc1. The van der Waals surface area contributed by atoms with Gasteiger partial charge < -0.3 is 14.5 Å². The van der Waals surface area contributed by atoms with Gasteiger partial charge in [-0.25, -0.2) is 15.0 Å². The average molecular weight is 450 g/mol. The van der Waals surface area contributed by atoms with Gasteiger partial charge in [-0.1, -0.05) is 24.3 Å². The number of nitrogens with one attached hydrogen (secondary N) is 1. The molecular formula is C19H15ClF3N7O. The van der Waals surface area contributed by atoms with Crippen molar-refractivity contribution in [3.8, 4) is 11.4 Å². The van der Waals surface area contributed by atoms with E-state index in [-0.39, 0.29) is 17.7 Å². The summed E-state index contributed by atoms with van der Waals surface area (Å²) in [4.78, 5) is 27.0. The summed E-state index contributed by atoms with van der Waals surface area (Å²) >= 11 is 5.92. The number of aryl methyl sites for hydroxylation is 1. The van der Waals surface area contributed by atoms with E-state index in [4.69, 9.17) is 11.6 Å². The van der Waals surface area contributed by atoms with Crippen LogP contribution >= 0.6 is 11.6 Å². The third kappa shape index (κ3) is 4.22. The maximum atomic E-state index is 12.9. The highest BCUT2D eigenvalue weighted by Crippen LogP contribution is 2.30. The van der Waals surface area contributed by atoms with Gasteiger partial charge in [0.2, 0.25) is 11.7 Å². The Kier molecular flexibility index (Phi) is 5.36. The van der Waals surface area contributed by atoms with Gasteiger partial charge in [0.25, 0.3) is 0 Å². The maximum absolute atomic E-state index is 12.9. The minimum Gasteiger partial charge on any atom is -0.351 e. The molecule has 4 rings (SSSR count). The van der Waals surface area contributed by atoms with Crippen LogP contribution < -0.4 is 5.32 Å². The lowest BCUT2D eigenvalue weighted by Gasteiger charge is -2.09. The zero-order valence-corrected chi connectivity index (χ0v) is 16.8. The van der Waals surface area contributed by atoms with Crippen LogP contribution in [-0.2, 0) is 31.1 Å². The van der Waals surface area contributed by atoms with Crippen molar-refractivity contribution in [1.29, 1.82) is 0 Å². The predicted molar refractivity (Wildman–Crippen MR) is 106 cm³/mol. The molecule has 1 amide bonds. The standard InChI is InChI=1S/C19H15ClF3N7O/c1-29-9-14(19(21,22)23)27-16(29)12-4-2-11(3-5-12)8-30-15(7-24-10-31)26-13-6-25-18(20)28-17(13)30/h2-6,9-10H,7-8H2,1H3,(H,24,31). The van der Waals surface area contributed by atoms with Crippen LogP contribution in [0.15, 0.2) is 36.7 Å². The molecule has 1 N–H and O–H groups in total. The number of nitrogens with zero attached hydrogens (tertiary/aromatic N) is 6. The molecule has 160 valence electrons. The van der Waals surface area contributed by atoms with E-state index in [0.717, 1.165) is 11.8 Å². The summed E-state index contributed by atoms with van der Waals surface area (Å²) < 4.78 is 41.9. The Morgan fingerprint density at radius 2 is 1.90 bits per heavy atom. The number of benzene rings is 1. The lowest BCUT2D eigenvalue weighted by atomic mass is 10.1. The summed E-state index contributed by atoms with van der Waals surface area (Å²) in [6, 6.07) is 6.95. The molecule has 0 bridgehead atoms. The van der Waals surface area contributed by atoms with E-state index in [9.17, 15) is 18.0 Å². The normalized spacial score (nSPS) is 11.8. The summed E-state index contributed by atoms with van der Waals surface area (Å²) in [5, 5.41) is 2.63. The fourth-order valence-corrected chi connectivity index (χ4v) is 3.32. The molecule has 0 saturated heterocycles. The molecule has 0 spiro atoms. The molecule has 3 aromatic heterocycles. The molecule has 4 aromatic rings. The lowest BCUT2D eigenvalue weighted by Crippen LogP contribution is -2.15. The number of hydrogen-bond acceptors (Lipinski definition) is 5. The Morgan fingerprint density at radius 1 is 1.16 bits per heavy atom. The minimum atomic E-state index is -4.51. The van der Waals surface area contributed by atoms with Crippen molar-refractivity contribution in [1.82, 2.24) is 34.4 Å². The summed E-state index contributed by atoms with van der Waals surface area (Å²) in [6.45, 7) is 0.539. The summed E-state index contributed by atoms with van der Waals surface area (Å²) in [5.41, 5.74) is 1.48. The molecule has 0 aliphatic carbocycles. The van der Waals surface area contributed by atoms with E-state index >= 15 is 0 Å². The highest BCUT2D eigenvalue weighted by Gasteiger charge is 2.34. The van der Waals surface area contributed by atoms with Gasteiger partial charge in [0.15, 0.2) is 11.3 Å². The largest absolute Gasteiger partial charge is 0.434 e. The van der Waals surface area contributed by atoms with Crippen molar-refractivity contribution in [3.63, 3.8) is 0 Å². The van der Waals surface area contributed by atoms with Crippen molar-refractivity contribution in [2.75, 3.05) is 0 Å². The number of aromatic nitrogens is 6. The molecule has 1 aromatic carbocycles. The Morgan fingerprint density at radius 3 is 2.55 bits per heavy atom. The Bertz CT molecular complexity index is 1250. The van der Waals surface area contributed by atoms with Gasteiger partial charge in [0.1, 0.15) is 17.2 Å². The Hall–Kier alpha value is -3.47. The van der Waals surface area contributed by atoms with Crippen LogP contribution in [0.5, 0.6) is 0 Å². The van der Waals surface area contributed by atoms with Crippen LogP contribution in [0.4, 0.5) is 13.2 Å². The highest BCUT2D eigenvalue weighted by atomic mass is 35.5. The number of rotatable bonds is 6. The van der Waals surface area contributed by atoms with Crippen molar-refractivity contribution >= 4 is 29.2 Å². The van der Waals surface area contributed by atoms with Gasteiger partial charge in [-0.05, 0) is 17.2 Å². The van der Waals surface area contributed by atoms with Gasteiger partial charge in [-0.3, -0.25) is 4.79 Å². The van der Waals surface area contributed by atoms with E-state index in [0.29, 0.717) is 35.5 Å². The van der Waals surface area contributed by atoms with E-state index in [2.05, 4.69) is 25.3 Å². The molecule has 12 heteroatoms. The molecule has 0 unspecified atom stereocenters. The first-order chi connectivity index (χ1) is 14.8. The molecular weight excluding hydrogens is 435 g/mol. The molecule has 3 heterocycles. The van der Waals surface area contributed by atoms with Gasteiger partial charge in [0, 0.05) is 18.8 Å². The molecule has 0 radical (unpaired) electrons. The van der Waals surface area contributed by atoms with E-state index in [1.54, 1.807) is 28.8 Å². The van der Waals surface area contributed by atoms with Crippen molar-refractivity contribution < 1.29 is 18.0 Å². The van der Waals surface area contributed by atoms with E-state index < -0.39 is 11.9 Å². The number of carbonyl (C=O) groups excluding carboxylic acids is 1. The quantitative estimate of drug-likeness (QED) is 0.360. The zero-order valence-electron chi connectivity index (χ0n) is 16.1. The van der Waals surface area contributed by atoms with Gasteiger partial charge in [0.05, 0.1) is 19.3 Å². The van der Waals surface area contributed by atoms with Crippen molar-refractivity contribution in [2.45, 2.75) is 19.3 Å². The molecule has 0 saturated carbocycles. The Labute approximate surface area is 178 Å². The number of halogens is 4. The number of alkyl halides is 3. The van der Waals surface area contributed by atoms with Crippen LogP contribution in [0.25, 0.3) is 22.6 Å². The van der Waals surface area contributed by atoms with Crippen molar-refractivity contribution in [3.05, 3.63) is 59.0 Å². The fraction of sp³-hybridized carbons (Fsp3) is 0.211. The third-order valence-electron chi connectivity index (χ3n) is 4.60. The number of amides is 1. The highest BCUT2D eigenvalue weighted by molar-refractivity contribution is 6.28. The number of hydrogen-bond donors (Lipinski definition) is 1. The number of fused-ring (bicyclic) bond motifs is 1.